The van der Waals surface area contributed by atoms with E-state index in [1.807, 2.05) is 19.1 Å². The molecule has 0 spiro atoms. The van der Waals surface area contributed by atoms with Gasteiger partial charge in [-0.2, -0.15) is 0 Å². The highest BCUT2D eigenvalue weighted by Crippen LogP contribution is 2.36. The first-order valence-electron chi connectivity index (χ1n) is 12.0. The van der Waals surface area contributed by atoms with E-state index in [0.717, 1.165) is 10.5 Å². The van der Waals surface area contributed by atoms with Crippen LogP contribution in [0.5, 0.6) is 0 Å². The number of esters is 1. The normalized spacial score (nSPS) is 13.3. The van der Waals surface area contributed by atoms with Crippen molar-refractivity contribution >= 4 is 52.5 Å². The zero-order chi connectivity index (χ0) is 27.8. The average molecular weight is 558 g/mol. The molecule has 1 aliphatic rings. The van der Waals surface area contributed by atoms with Crippen LogP contribution in [-0.4, -0.2) is 23.6 Å². The van der Waals surface area contributed by atoms with Crippen molar-refractivity contribution in [3.8, 4) is 0 Å². The summed E-state index contributed by atoms with van der Waals surface area (Å²) in [6.07, 6.45) is -1.20. The number of rotatable bonds is 6. The predicted octanol–water partition coefficient (Wildman–Crippen LogP) is 7.19. The number of aryl methyl sites for hydroxylation is 2. The molecular weight excluding hydrogens is 537 g/mol. The van der Waals surface area contributed by atoms with E-state index in [1.165, 1.54) is 24.3 Å². The fourth-order valence-corrected chi connectivity index (χ4v) is 4.70. The highest BCUT2D eigenvalue weighted by Gasteiger charge is 2.38. The lowest BCUT2D eigenvalue weighted by Crippen LogP contribution is -2.30. The number of carbonyl (C=O) groups is 4. The maximum atomic E-state index is 13.4. The van der Waals surface area contributed by atoms with Crippen molar-refractivity contribution in [2.45, 2.75) is 20.0 Å². The molecule has 2 amide bonds. The molecule has 4 aromatic carbocycles. The topological polar surface area (TPSA) is 80.8 Å². The number of anilines is 1. The Morgan fingerprint density at radius 3 is 1.90 bits per heavy atom. The molecule has 0 fully saturated rings. The van der Waals surface area contributed by atoms with Crippen LogP contribution in [0, 0.1) is 13.8 Å². The third-order valence-electron chi connectivity index (χ3n) is 6.51. The molecule has 0 unspecified atom stereocenters. The molecule has 5 rings (SSSR count). The summed E-state index contributed by atoms with van der Waals surface area (Å²) < 4.78 is 5.76. The minimum Gasteiger partial charge on any atom is -0.445 e. The summed E-state index contributed by atoms with van der Waals surface area (Å²) in [7, 11) is 0. The van der Waals surface area contributed by atoms with Gasteiger partial charge in [0.25, 0.3) is 11.8 Å². The number of Topliss-reactive ketones (excluding diaryl/α,β-unsaturated/α-hetero) is 1. The van der Waals surface area contributed by atoms with E-state index in [0.29, 0.717) is 16.7 Å². The third-order valence-corrected chi connectivity index (χ3v) is 7.24. The molecular formula is C31H21Cl2NO5. The van der Waals surface area contributed by atoms with E-state index in [1.54, 1.807) is 55.5 Å². The Labute approximate surface area is 234 Å². The lowest BCUT2D eigenvalue weighted by atomic mass is 9.99. The minimum absolute atomic E-state index is 0.0702. The van der Waals surface area contributed by atoms with Crippen LogP contribution in [0.25, 0.3) is 0 Å². The second-order valence-electron chi connectivity index (χ2n) is 9.19. The van der Waals surface area contributed by atoms with Gasteiger partial charge in [-0.15, -0.1) is 0 Å². The van der Waals surface area contributed by atoms with Crippen LogP contribution < -0.4 is 4.90 Å². The Kier molecular flexibility index (Phi) is 7.08. The Morgan fingerprint density at radius 1 is 0.744 bits per heavy atom. The largest absolute Gasteiger partial charge is 0.445 e. The lowest BCUT2D eigenvalue weighted by molar-refractivity contribution is 0.0280. The SMILES string of the molecule is Cc1ccc(C(=O)[C@@H](OC(=O)c2ccc(C)c(N3C(=O)c4cc(Cl)c(Cl)cc4C3=O)c2)c2ccccc2)cc1. The highest BCUT2D eigenvalue weighted by molar-refractivity contribution is 6.44. The quantitative estimate of drug-likeness (QED) is 0.142. The summed E-state index contributed by atoms with van der Waals surface area (Å²) in [5.74, 6) is -2.33. The standard InChI is InChI=1S/C31H21Cl2NO5/c1-17-8-11-19(12-9-17)27(35)28(20-6-4-3-5-7-20)39-31(38)21-13-10-18(2)26(14-21)34-29(36)22-15-24(32)25(33)16-23(22)30(34)37/h3-16,28H,1-2H3/t28-/m0/s1. The van der Waals surface area contributed by atoms with Crippen molar-refractivity contribution in [1.29, 1.82) is 0 Å². The Bertz CT molecular complexity index is 1610. The highest BCUT2D eigenvalue weighted by atomic mass is 35.5. The van der Waals surface area contributed by atoms with Crippen molar-refractivity contribution < 1.29 is 23.9 Å². The molecule has 1 atom stereocenters. The van der Waals surface area contributed by atoms with Gasteiger partial charge in [0.15, 0.2) is 6.10 Å². The fourth-order valence-electron chi connectivity index (χ4n) is 4.37. The number of amides is 2. The molecule has 4 aromatic rings. The number of imide groups is 1. The third kappa shape index (κ3) is 4.97. The summed E-state index contributed by atoms with van der Waals surface area (Å²) in [5.41, 5.74) is 3.00. The molecule has 0 bridgehead atoms. The zero-order valence-corrected chi connectivity index (χ0v) is 22.4. The zero-order valence-electron chi connectivity index (χ0n) is 20.9. The number of benzene rings is 4. The van der Waals surface area contributed by atoms with Crippen molar-refractivity contribution in [3.05, 3.63) is 134 Å². The monoisotopic (exact) mass is 557 g/mol. The van der Waals surface area contributed by atoms with Crippen LogP contribution in [0.4, 0.5) is 5.69 Å². The summed E-state index contributed by atoms with van der Waals surface area (Å²) >= 11 is 12.1. The summed E-state index contributed by atoms with van der Waals surface area (Å²) in [6, 6.07) is 23.0. The van der Waals surface area contributed by atoms with E-state index in [-0.39, 0.29) is 38.2 Å². The van der Waals surface area contributed by atoms with Crippen LogP contribution >= 0.6 is 23.2 Å². The number of carbonyl (C=O) groups excluding carboxylic acids is 4. The molecule has 194 valence electrons. The van der Waals surface area contributed by atoms with Crippen molar-refractivity contribution in [2.24, 2.45) is 0 Å². The van der Waals surface area contributed by atoms with Gasteiger partial charge in [0.2, 0.25) is 5.78 Å². The van der Waals surface area contributed by atoms with Crippen LogP contribution in [0.15, 0.2) is 84.9 Å². The Hall–Kier alpha value is -4.26. The number of hydrogen-bond acceptors (Lipinski definition) is 5. The molecule has 0 saturated carbocycles. The summed E-state index contributed by atoms with van der Waals surface area (Å²) in [5, 5.41) is 0.301. The molecule has 0 aliphatic carbocycles. The lowest BCUT2D eigenvalue weighted by Gasteiger charge is -2.20. The van der Waals surface area contributed by atoms with Gasteiger partial charge in [-0.3, -0.25) is 14.4 Å². The number of ether oxygens (including phenoxy) is 1. The number of halogens is 2. The first kappa shape index (κ1) is 26.4. The summed E-state index contributed by atoms with van der Waals surface area (Å²) in [6.45, 7) is 3.62. The van der Waals surface area contributed by atoms with E-state index in [2.05, 4.69) is 0 Å². The van der Waals surface area contributed by atoms with Crippen LogP contribution in [-0.2, 0) is 4.74 Å². The molecule has 8 heteroatoms. The molecule has 0 saturated heterocycles. The fraction of sp³-hybridized carbons (Fsp3) is 0.0968. The van der Waals surface area contributed by atoms with E-state index in [4.69, 9.17) is 27.9 Å². The van der Waals surface area contributed by atoms with Gasteiger partial charge in [0.05, 0.1) is 32.4 Å². The molecule has 0 N–H and O–H groups in total. The summed E-state index contributed by atoms with van der Waals surface area (Å²) in [4.78, 5) is 54.1. The van der Waals surface area contributed by atoms with Crippen molar-refractivity contribution in [3.63, 3.8) is 0 Å². The predicted molar refractivity (Wildman–Crippen MR) is 149 cm³/mol. The number of fused-ring (bicyclic) bond motifs is 1. The maximum absolute atomic E-state index is 13.4. The Morgan fingerprint density at radius 2 is 1.31 bits per heavy atom. The van der Waals surface area contributed by atoms with Gasteiger partial charge in [-0.25, -0.2) is 9.69 Å². The first-order chi connectivity index (χ1) is 18.7. The van der Waals surface area contributed by atoms with Crippen LogP contribution in [0.1, 0.15) is 64.2 Å². The second-order valence-corrected chi connectivity index (χ2v) is 10.00. The molecule has 1 aliphatic heterocycles. The van der Waals surface area contributed by atoms with Gasteiger partial charge in [0, 0.05) is 11.1 Å². The maximum Gasteiger partial charge on any atom is 0.339 e. The number of nitrogens with zero attached hydrogens (tertiary/aromatic N) is 1. The minimum atomic E-state index is -1.20. The number of ketones is 1. The molecule has 0 radical (unpaired) electrons. The first-order valence-corrected chi connectivity index (χ1v) is 12.8. The molecule has 6 nitrogen and oxygen atoms in total. The van der Waals surface area contributed by atoms with Crippen LogP contribution in [0.3, 0.4) is 0 Å². The molecule has 39 heavy (non-hydrogen) atoms. The van der Waals surface area contributed by atoms with Crippen molar-refractivity contribution in [2.75, 3.05) is 4.90 Å². The Balaban J connectivity index is 1.48. The van der Waals surface area contributed by atoms with Gasteiger partial charge in [-0.1, -0.05) is 89.4 Å². The van der Waals surface area contributed by atoms with Gasteiger partial charge in [-0.05, 0) is 43.7 Å². The molecule has 0 aromatic heterocycles. The molecule has 1 heterocycles. The van der Waals surface area contributed by atoms with Gasteiger partial charge >= 0.3 is 5.97 Å². The van der Waals surface area contributed by atoms with Gasteiger partial charge in [0.1, 0.15) is 0 Å². The number of hydrogen-bond donors (Lipinski definition) is 0. The van der Waals surface area contributed by atoms with E-state index in [9.17, 15) is 19.2 Å². The average Bonchev–Trinajstić information content (AvgIpc) is 3.16. The van der Waals surface area contributed by atoms with E-state index < -0.39 is 23.9 Å². The van der Waals surface area contributed by atoms with Crippen molar-refractivity contribution in [1.82, 2.24) is 0 Å². The van der Waals surface area contributed by atoms with Gasteiger partial charge < -0.3 is 4.74 Å². The second kappa shape index (κ2) is 10.5. The van der Waals surface area contributed by atoms with Crippen LogP contribution in [0.2, 0.25) is 10.0 Å². The smallest absolute Gasteiger partial charge is 0.339 e. The van der Waals surface area contributed by atoms with E-state index >= 15 is 0 Å².